The molecule has 78 heavy (non-hydrogen) atoms. The highest BCUT2D eigenvalue weighted by Gasteiger charge is 2.25. The van der Waals surface area contributed by atoms with Crippen molar-refractivity contribution >= 4 is 44.6 Å². The fourth-order valence-electron chi connectivity index (χ4n) is 10.9. The topological polar surface area (TPSA) is 214 Å². The van der Waals surface area contributed by atoms with E-state index in [4.69, 9.17) is 19.8 Å². The highest BCUT2D eigenvalue weighted by Crippen LogP contribution is 2.29. The zero-order chi connectivity index (χ0) is 55.3. The molecule has 0 amide bonds. The van der Waals surface area contributed by atoms with Crippen LogP contribution in [-0.4, -0.2) is 133 Å². The van der Waals surface area contributed by atoms with E-state index in [-0.39, 0.29) is 41.0 Å². The summed E-state index contributed by atoms with van der Waals surface area (Å²) in [7, 11) is 0.639. The fraction of sp³-hybridized carbons (Fsp3) is 0.593. The molecule has 10 rings (SSSR count). The highest BCUT2D eigenvalue weighted by atomic mass is 32.2. The van der Waals surface area contributed by atoms with Crippen LogP contribution in [0, 0.1) is 11.8 Å². The van der Waals surface area contributed by atoms with Gasteiger partial charge in [-0.3, -0.25) is 9.59 Å². The number of nitrogens with zero attached hydrogens (tertiary/aromatic N) is 10. The minimum Gasteiger partial charge on any atom is -0.460 e. The Morgan fingerprint density at radius 3 is 1.50 bits per heavy atom. The lowest BCUT2D eigenvalue weighted by Gasteiger charge is -2.28. The van der Waals surface area contributed by atoms with E-state index < -0.39 is 9.84 Å². The van der Waals surface area contributed by atoms with Crippen LogP contribution in [0.5, 0.6) is 6.01 Å². The van der Waals surface area contributed by atoms with Crippen molar-refractivity contribution in [3.05, 3.63) is 94.3 Å². The monoisotopic (exact) mass is 1090 g/mol. The van der Waals surface area contributed by atoms with E-state index in [0.717, 1.165) is 136 Å². The van der Waals surface area contributed by atoms with Crippen LogP contribution in [0.3, 0.4) is 0 Å². The second-order valence-corrected chi connectivity index (χ2v) is 24.8. The summed E-state index contributed by atoms with van der Waals surface area (Å²) in [6.45, 7) is 13.4. The second-order valence-electron chi connectivity index (χ2n) is 22.9. The number of benzene rings is 2. The molecular formula is C59H84N12O6S. The summed E-state index contributed by atoms with van der Waals surface area (Å²) in [5.74, 6) is 2.50. The molecule has 6 aromatic rings. The smallest absolute Gasteiger partial charge is 0.322 e. The van der Waals surface area contributed by atoms with Crippen molar-refractivity contribution in [2.24, 2.45) is 11.8 Å². The molecule has 2 saturated heterocycles. The average molecular weight is 1090 g/mol. The van der Waals surface area contributed by atoms with Crippen LogP contribution in [0.25, 0.3) is 11.3 Å². The second kappa shape index (κ2) is 27.3. The van der Waals surface area contributed by atoms with Gasteiger partial charge in [-0.25, -0.2) is 8.42 Å². The number of ether oxygens (including phenoxy) is 1. The third kappa shape index (κ3) is 16.1. The minimum absolute atomic E-state index is 0.0220. The maximum absolute atomic E-state index is 12.8. The summed E-state index contributed by atoms with van der Waals surface area (Å²) in [6.07, 6.45) is 20.9. The van der Waals surface area contributed by atoms with E-state index in [1.54, 1.807) is 15.2 Å². The molecular weight excluding hydrogens is 1000 g/mol. The number of aliphatic hydroxyl groups excluding tert-OH is 1. The van der Waals surface area contributed by atoms with Gasteiger partial charge in [0, 0.05) is 81.3 Å². The van der Waals surface area contributed by atoms with Crippen LogP contribution in [0.2, 0.25) is 0 Å². The zero-order valence-corrected chi connectivity index (χ0v) is 48.0. The average Bonchev–Trinajstić information content (AvgIpc) is 4.20. The molecule has 4 aliphatic rings. The standard InChI is InChI=1S/C29H40N6O2.C24H31N5O3S.C6H13NO/c1-20(2)25-19-31-35-27(25)32-29(37-24-12-14-34(3)15-13-24)33-28(35)30-18-22-9-7-8-21(16-22)17-26(36)23-10-5-4-6-11-23;1-16(2)20-15-26-29-22(20)27-24(33(3,31)32)28-23(29)25-14-18-9-7-8-17(12-18)13-21(30)19-10-5-4-6-11-19;1-7-4-2-6(8)3-5-7/h7-9,16,19-20,23-24H,4-6,10-15,17-18H2,1-3H3,(H,30,32,33);7-9,12,15-16,19H,4-6,10-11,13-14H2,1-3H3,(H,25,27,28);6,8H,2-5H2,1H3. The first kappa shape index (κ1) is 58.3. The number of carbonyl (C=O) groups excluding carboxylic acids is 2. The number of Topliss-reactive ketones (excluding diaryl/α,β-unsaturated/α-hetero) is 2. The maximum atomic E-state index is 12.8. The van der Waals surface area contributed by atoms with Crippen molar-refractivity contribution in [2.45, 2.75) is 173 Å². The van der Waals surface area contributed by atoms with E-state index in [9.17, 15) is 18.0 Å². The number of aliphatic hydroxyl groups is 1. The number of sulfone groups is 1. The molecule has 4 aromatic heterocycles. The molecule has 4 fully saturated rings. The molecule has 2 saturated carbocycles. The quantitative estimate of drug-likeness (QED) is 0.0777. The first-order chi connectivity index (χ1) is 37.5. The van der Waals surface area contributed by atoms with Gasteiger partial charge in [0.2, 0.25) is 21.7 Å². The largest absolute Gasteiger partial charge is 0.460 e. The molecule has 422 valence electrons. The Kier molecular flexibility index (Phi) is 20.4. The number of hydrogen-bond acceptors (Lipinski definition) is 16. The van der Waals surface area contributed by atoms with Crippen molar-refractivity contribution in [3.8, 4) is 6.01 Å². The SMILES string of the molecule is CC(C)c1cnn2c(NCc3cccc(CC(=O)C4CCCCC4)c3)nc(OC3CCN(C)CC3)nc12.CC(C)c1cnn2c(NCc3cccc(CC(=O)C4CCCCC4)c3)nc(S(C)(=O)=O)nc12.CN1CCC(O)CC1. The Morgan fingerprint density at radius 1 is 0.615 bits per heavy atom. The normalized spacial score (nSPS) is 17.7. The van der Waals surface area contributed by atoms with Gasteiger partial charge in [-0.05, 0) is 99.6 Å². The van der Waals surface area contributed by atoms with Gasteiger partial charge >= 0.3 is 6.01 Å². The minimum atomic E-state index is -3.59. The number of hydrogen-bond donors (Lipinski definition) is 3. The number of fused-ring (bicyclic) bond motifs is 2. The summed E-state index contributed by atoms with van der Waals surface area (Å²) in [4.78, 5) is 48.0. The van der Waals surface area contributed by atoms with E-state index >= 15 is 0 Å². The fourth-order valence-corrected chi connectivity index (χ4v) is 11.4. The summed E-state index contributed by atoms with van der Waals surface area (Å²) in [5, 5.41) is 24.4. The van der Waals surface area contributed by atoms with Crippen LogP contribution in [0.4, 0.5) is 11.9 Å². The zero-order valence-electron chi connectivity index (χ0n) is 47.2. The number of likely N-dealkylation sites (tertiary alicyclic amines) is 2. The lowest BCUT2D eigenvalue weighted by atomic mass is 9.84. The number of aromatic nitrogens is 8. The molecule has 0 atom stereocenters. The van der Waals surface area contributed by atoms with Gasteiger partial charge in [-0.2, -0.15) is 39.2 Å². The molecule has 2 aromatic carbocycles. The van der Waals surface area contributed by atoms with Crippen molar-refractivity contribution in [3.63, 3.8) is 0 Å². The van der Waals surface area contributed by atoms with Crippen LogP contribution in [0.1, 0.15) is 163 Å². The molecule has 2 aliphatic carbocycles. The van der Waals surface area contributed by atoms with E-state index in [1.165, 1.54) is 25.7 Å². The Labute approximate surface area is 461 Å². The van der Waals surface area contributed by atoms with Crippen molar-refractivity contribution in [1.82, 2.24) is 49.0 Å². The van der Waals surface area contributed by atoms with Gasteiger partial charge in [0.25, 0.3) is 5.16 Å². The summed E-state index contributed by atoms with van der Waals surface area (Å²) in [6, 6.07) is 16.6. The maximum Gasteiger partial charge on any atom is 0.322 e. The van der Waals surface area contributed by atoms with Gasteiger partial charge in [0.1, 0.15) is 17.7 Å². The molecule has 0 unspecified atom stereocenters. The van der Waals surface area contributed by atoms with Gasteiger partial charge in [0.05, 0.1) is 18.5 Å². The van der Waals surface area contributed by atoms with Crippen LogP contribution in [-0.2, 0) is 45.4 Å². The Hall–Kier alpha value is -5.89. The van der Waals surface area contributed by atoms with E-state index in [2.05, 4.69) is 86.7 Å². The molecule has 2 aliphatic heterocycles. The highest BCUT2D eigenvalue weighted by molar-refractivity contribution is 7.90. The van der Waals surface area contributed by atoms with E-state index in [0.29, 0.717) is 61.1 Å². The molecule has 0 radical (unpaired) electrons. The predicted molar refractivity (Wildman–Crippen MR) is 305 cm³/mol. The van der Waals surface area contributed by atoms with Gasteiger partial charge < -0.3 is 30.3 Å². The molecule has 0 bridgehead atoms. The number of rotatable bonds is 17. The van der Waals surface area contributed by atoms with Crippen LogP contribution >= 0.6 is 0 Å². The van der Waals surface area contributed by atoms with Gasteiger partial charge in [-0.1, -0.05) is 115 Å². The number of carbonyl (C=O) groups is 2. The van der Waals surface area contributed by atoms with Crippen LogP contribution in [0.15, 0.2) is 66.1 Å². The van der Waals surface area contributed by atoms with Gasteiger partial charge in [-0.15, -0.1) is 0 Å². The predicted octanol–water partition coefficient (Wildman–Crippen LogP) is 9.05. The van der Waals surface area contributed by atoms with Crippen molar-refractivity contribution in [1.29, 1.82) is 0 Å². The Morgan fingerprint density at radius 2 is 1.05 bits per heavy atom. The van der Waals surface area contributed by atoms with E-state index in [1.807, 2.05) is 50.4 Å². The van der Waals surface area contributed by atoms with Crippen LogP contribution < -0.4 is 15.4 Å². The molecule has 6 heterocycles. The summed E-state index contributed by atoms with van der Waals surface area (Å²) < 4.78 is 33.9. The number of anilines is 2. The molecule has 19 heteroatoms. The van der Waals surface area contributed by atoms with Crippen molar-refractivity contribution in [2.75, 3.05) is 57.2 Å². The first-order valence-corrected chi connectivity index (χ1v) is 30.5. The molecule has 3 N–H and O–H groups in total. The third-order valence-corrected chi connectivity index (χ3v) is 16.6. The number of piperidine rings is 2. The lowest BCUT2D eigenvalue weighted by molar-refractivity contribution is -0.123. The third-order valence-electron chi connectivity index (χ3n) is 15.7. The van der Waals surface area contributed by atoms with Crippen molar-refractivity contribution < 1.29 is 27.9 Å². The Bertz CT molecular complexity index is 3030. The summed E-state index contributed by atoms with van der Waals surface area (Å²) >= 11 is 0. The number of ketones is 2. The van der Waals surface area contributed by atoms with Gasteiger partial charge in [0.15, 0.2) is 11.3 Å². The number of nitrogens with one attached hydrogen (secondary N) is 2. The lowest BCUT2D eigenvalue weighted by Crippen LogP contribution is -2.36. The summed E-state index contributed by atoms with van der Waals surface area (Å²) in [5.41, 5.74) is 7.35. The molecule has 18 nitrogen and oxygen atoms in total. The Balaban J connectivity index is 0.000000181. The molecule has 0 spiro atoms. The first-order valence-electron chi connectivity index (χ1n) is 28.6.